The van der Waals surface area contributed by atoms with Crippen molar-refractivity contribution in [3.63, 3.8) is 0 Å². The van der Waals surface area contributed by atoms with Gasteiger partial charge in [0.15, 0.2) is 0 Å². The highest BCUT2D eigenvalue weighted by atomic mass is 16.5. The van der Waals surface area contributed by atoms with E-state index in [0.717, 1.165) is 44.5 Å². The summed E-state index contributed by atoms with van der Waals surface area (Å²) in [7, 11) is 0. The molecule has 2 aromatic carbocycles. The Labute approximate surface area is 167 Å². The highest BCUT2D eigenvalue weighted by Gasteiger charge is 2.25. The molecule has 3 N–H and O–H groups in total. The van der Waals surface area contributed by atoms with E-state index in [0.29, 0.717) is 6.04 Å². The molecule has 1 saturated carbocycles. The zero-order valence-electron chi connectivity index (χ0n) is 16.9. The van der Waals surface area contributed by atoms with E-state index in [-0.39, 0.29) is 24.0 Å². The number of carbonyl (C=O) groups excluding carboxylic acids is 1. The number of rotatable bonds is 4. The molecule has 2 aliphatic rings. The van der Waals surface area contributed by atoms with Crippen molar-refractivity contribution in [1.29, 1.82) is 0 Å². The normalized spacial score (nSPS) is 28.3. The molecule has 1 aliphatic heterocycles. The van der Waals surface area contributed by atoms with Crippen LogP contribution < -0.4 is 16.0 Å². The highest BCUT2D eigenvalue weighted by molar-refractivity contribution is 5.88. The Hall–Kier alpha value is -2.27. The van der Waals surface area contributed by atoms with Crippen LogP contribution in [0, 0.1) is 5.92 Å². The van der Waals surface area contributed by atoms with Crippen molar-refractivity contribution >= 4 is 28.1 Å². The summed E-state index contributed by atoms with van der Waals surface area (Å²) >= 11 is 0. The van der Waals surface area contributed by atoms with Crippen molar-refractivity contribution in [2.75, 3.05) is 23.3 Å². The van der Waals surface area contributed by atoms with Gasteiger partial charge in [0.1, 0.15) is 0 Å². The Kier molecular flexibility index (Phi) is 5.44. The van der Waals surface area contributed by atoms with Gasteiger partial charge in [0.25, 0.3) is 0 Å². The molecule has 1 amide bonds. The van der Waals surface area contributed by atoms with Gasteiger partial charge in [-0.2, -0.15) is 0 Å². The second-order valence-corrected chi connectivity index (χ2v) is 8.50. The lowest BCUT2D eigenvalue weighted by Crippen LogP contribution is -2.45. The number of nitrogens with one attached hydrogen (secondary N) is 1. The van der Waals surface area contributed by atoms with Crippen LogP contribution in [0.25, 0.3) is 10.8 Å². The molecule has 1 saturated heterocycles. The van der Waals surface area contributed by atoms with Gasteiger partial charge in [-0.25, -0.2) is 0 Å². The number of anilines is 2. The van der Waals surface area contributed by atoms with Gasteiger partial charge in [0.05, 0.1) is 12.2 Å². The molecule has 150 valence electrons. The van der Waals surface area contributed by atoms with Crippen LogP contribution in [-0.4, -0.2) is 37.2 Å². The van der Waals surface area contributed by atoms with Gasteiger partial charge in [-0.15, -0.1) is 0 Å². The fraction of sp³-hybridized carbons (Fsp3) is 0.522. The van der Waals surface area contributed by atoms with Crippen LogP contribution in [0.15, 0.2) is 36.4 Å². The molecule has 1 aliphatic carbocycles. The molecule has 4 rings (SSSR count). The SMILES string of the molecule is CC1CN(c2ccc3cc(NC4CCC(C(N)=O)CC4)ccc3c2)C[C@H](C)O1. The topological polar surface area (TPSA) is 67.6 Å². The third-order valence-electron chi connectivity index (χ3n) is 6.11. The van der Waals surface area contributed by atoms with Gasteiger partial charge in [0.2, 0.25) is 5.91 Å². The summed E-state index contributed by atoms with van der Waals surface area (Å²) in [6, 6.07) is 13.7. The van der Waals surface area contributed by atoms with Crippen LogP contribution in [0.3, 0.4) is 0 Å². The van der Waals surface area contributed by atoms with E-state index in [1.807, 2.05) is 0 Å². The molecule has 5 nitrogen and oxygen atoms in total. The number of fused-ring (bicyclic) bond motifs is 1. The molecule has 28 heavy (non-hydrogen) atoms. The molecule has 0 bridgehead atoms. The quantitative estimate of drug-likeness (QED) is 0.843. The van der Waals surface area contributed by atoms with E-state index in [1.165, 1.54) is 16.5 Å². The van der Waals surface area contributed by atoms with Gasteiger partial charge in [-0.3, -0.25) is 4.79 Å². The number of amides is 1. The average Bonchev–Trinajstić information content (AvgIpc) is 2.67. The number of benzene rings is 2. The molecule has 0 aromatic heterocycles. The number of morpholine rings is 1. The molecule has 1 unspecified atom stereocenters. The van der Waals surface area contributed by atoms with E-state index in [4.69, 9.17) is 10.5 Å². The largest absolute Gasteiger partial charge is 0.382 e. The van der Waals surface area contributed by atoms with Crippen LogP contribution in [0.2, 0.25) is 0 Å². The van der Waals surface area contributed by atoms with E-state index in [2.05, 4.69) is 60.5 Å². The summed E-state index contributed by atoms with van der Waals surface area (Å²) in [5.41, 5.74) is 7.85. The summed E-state index contributed by atoms with van der Waals surface area (Å²) < 4.78 is 5.86. The molecule has 2 atom stereocenters. The number of primary amides is 1. The molecular formula is C23H31N3O2. The first-order valence-corrected chi connectivity index (χ1v) is 10.5. The lowest BCUT2D eigenvalue weighted by atomic mass is 9.85. The number of hydrogen-bond acceptors (Lipinski definition) is 4. The Morgan fingerprint density at radius 3 is 2.32 bits per heavy atom. The predicted molar refractivity (Wildman–Crippen MR) is 115 cm³/mol. The summed E-state index contributed by atoms with van der Waals surface area (Å²) in [4.78, 5) is 13.8. The lowest BCUT2D eigenvalue weighted by molar-refractivity contribution is -0.122. The Morgan fingerprint density at radius 2 is 1.64 bits per heavy atom. The molecule has 2 aromatic rings. The molecule has 5 heteroatoms. The van der Waals surface area contributed by atoms with E-state index >= 15 is 0 Å². The van der Waals surface area contributed by atoms with Crippen LogP contribution in [0.1, 0.15) is 39.5 Å². The third kappa shape index (κ3) is 4.25. The minimum atomic E-state index is -0.149. The van der Waals surface area contributed by atoms with E-state index in [1.54, 1.807) is 0 Å². The summed E-state index contributed by atoms with van der Waals surface area (Å²) in [5.74, 6) is -0.0947. The molecule has 2 fully saturated rings. The van der Waals surface area contributed by atoms with E-state index < -0.39 is 0 Å². The van der Waals surface area contributed by atoms with Crippen molar-refractivity contribution in [2.24, 2.45) is 11.7 Å². The van der Waals surface area contributed by atoms with Gasteiger partial charge in [-0.05, 0) is 74.6 Å². The maximum Gasteiger partial charge on any atom is 0.220 e. The predicted octanol–water partition coefficient (Wildman–Crippen LogP) is 3.91. The van der Waals surface area contributed by atoms with Crippen LogP contribution in [-0.2, 0) is 9.53 Å². The standard InChI is InChI=1S/C23H31N3O2/c1-15-13-26(14-16(2)28-15)22-10-6-18-11-21(9-5-19(18)12-22)25-20-7-3-17(4-8-20)23(24)27/h5-6,9-12,15-17,20,25H,3-4,7-8,13-14H2,1-2H3,(H2,24,27)/t15-,16?,17?,20?/m0/s1. The molecule has 0 spiro atoms. The fourth-order valence-corrected chi connectivity index (χ4v) is 4.67. The minimum absolute atomic E-state index is 0.0544. The first-order chi connectivity index (χ1) is 13.5. The zero-order chi connectivity index (χ0) is 19.7. The van der Waals surface area contributed by atoms with Crippen molar-refractivity contribution in [1.82, 2.24) is 0 Å². The minimum Gasteiger partial charge on any atom is -0.382 e. The van der Waals surface area contributed by atoms with Gasteiger partial charge in [0, 0.05) is 36.4 Å². The first kappa shape index (κ1) is 19.1. The molecule has 0 radical (unpaired) electrons. The van der Waals surface area contributed by atoms with Crippen molar-refractivity contribution in [3.8, 4) is 0 Å². The van der Waals surface area contributed by atoms with Crippen LogP contribution in [0.5, 0.6) is 0 Å². The maximum atomic E-state index is 11.3. The van der Waals surface area contributed by atoms with Crippen LogP contribution >= 0.6 is 0 Å². The van der Waals surface area contributed by atoms with Gasteiger partial charge < -0.3 is 20.7 Å². The Balaban J connectivity index is 1.44. The number of ether oxygens (including phenoxy) is 1. The monoisotopic (exact) mass is 381 g/mol. The maximum absolute atomic E-state index is 11.3. The summed E-state index contributed by atoms with van der Waals surface area (Å²) in [6.45, 7) is 6.14. The number of carbonyl (C=O) groups is 1. The van der Waals surface area contributed by atoms with Crippen molar-refractivity contribution in [2.45, 2.75) is 57.8 Å². The second-order valence-electron chi connectivity index (χ2n) is 8.50. The fourth-order valence-electron chi connectivity index (χ4n) is 4.67. The van der Waals surface area contributed by atoms with Crippen LogP contribution in [0.4, 0.5) is 11.4 Å². The third-order valence-corrected chi connectivity index (χ3v) is 6.11. The summed E-state index contributed by atoms with van der Waals surface area (Å²) in [6.07, 6.45) is 4.29. The highest BCUT2D eigenvalue weighted by Crippen LogP contribution is 2.30. The number of nitrogens with two attached hydrogens (primary N) is 1. The number of nitrogens with zero attached hydrogens (tertiary/aromatic N) is 1. The van der Waals surface area contributed by atoms with E-state index in [9.17, 15) is 4.79 Å². The Bertz CT molecular complexity index is 835. The van der Waals surface area contributed by atoms with Gasteiger partial charge >= 0.3 is 0 Å². The molecular weight excluding hydrogens is 350 g/mol. The summed E-state index contributed by atoms with van der Waals surface area (Å²) in [5, 5.41) is 6.14. The number of hydrogen-bond donors (Lipinski definition) is 2. The molecule has 1 heterocycles. The average molecular weight is 382 g/mol. The Morgan fingerprint density at radius 1 is 1.00 bits per heavy atom. The lowest BCUT2D eigenvalue weighted by Gasteiger charge is -2.37. The smallest absolute Gasteiger partial charge is 0.220 e. The first-order valence-electron chi connectivity index (χ1n) is 10.5. The van der Waals surface area contributed by atoms with Gasteiger partial charge in [-0.1, -0.05) is 12.1 Å². The zero-order valence-corrected chi connectivity index (χ0v) is 16.9. The van der Waals surface area contributed by atoms with Crippen molar-refractivity contribution in [3.05, 3.63) is 36.4 Å². The van der Waals surface area contributed by atoms with Crippen molar-refractivity contribution < 1.29 is 9.53 Å². The second kappa shape index (κ2) is 8.00.